The van der Waals surface area contributed by atoms with Gasteiger partial charge in [-0.05, 0) is 12.2 Å². The van der Waals surface area contributed by atoms with E-state index in [0.717, 1.165) is 9.81 Å². The third-order valence-electron chi connectivity index (χ3n) is 1.22. The van der Waals surface area contributed by atoms with Gasteiger partial charge in [0, 0.05) is 9.81 Å². The highest BCUT2D eigenvalue weighted by Crippen LogP contribution is 2.38. The molecule has 0 unspecified atom stereocenters. The van der Waals surface area contributed by atoms with Crippen molar-refractivity contribution in [2.45, 2.75) is 0 Å². The number of rotatable bonds is 4. The zero-order valence-corrected chi connectivity index (χ0v) is 9.47. The summed E-state index contributed by atoms with van der Waals surface area (Å²) in [5, 5.41) is 7.34. The highest BCUT2D eigenvalue weighted by Gasteiger charge is 2.04. The van der Waals surface area contributed by atoms with Gasteiger partial charge >= 0.3 is 0 Å². The third-order valence-corrected chi connectivity index (χ3v) is 3.57. The standard InChI is InChI=1S/C8H10N2O2S2/c1-11-9-5-7-3-4-8(14-13-7)6-10-12-2/h3-6H,1-2H3. The molecule has 1 aliphatic rings. The summed E-state index contributed by atoms with van der Waals surface area (Å²) in [6.07, 6.45) is 7.22. The van der Waals surface area contributed by atoms with Crippen LogP contribution in [0.2, 0.25) is 0 Å². The summed E-state index contributed by atoms with van der Waals surface area (Å²) >= 11 is 0. The first-order chi connectivity index (χ1) is 6.86. The molecule has 0 amide bonds. The van der Waals surface area contributed by atoms with Gasteiger partial charge in [0.2, 0.25) is 0 Å². The van der Waals surface area contributed by atoms with Crippen LogP contribution in [0.3, 0.4) is 0 Å². The van der Waals surface area contributed by atoms with Crippen molar-refractivity contribution in [1.29, 1.82) is 0 Å². The lowest BCUT2D eigenvalue weighted by atomic mass is 10.4. The van der Waals surface area contributed by atoms with Crippen LogP contribution in [0.1, 0.15) is 0 Å². The van der Waals surface area contributed by atoms with Gasteiger partial charge in [0.1, 0.15) is 14.2 Å². The Morgan fingerprint density at radius 1 is 1.00 bits per heavy atom. The summed E-state index contributed by atoms with van der Waals surface area (Å²) in [4.78, 5) is 11.2. The Bertz CT molecular complexity index is 268. The SMILES string of the molecule is CON=CC1=CC=C(C=NOC)SS1. The van der Waals surface area contributed by atoms with Crippen LogP contribution in [0, 0.1) is 0 Å². The Morgan fingerprint density at radius 3 is 1.71 bits per heavy atom. The zero-order valence-electron chi connectivity index (χ0n) is 7.84. The maximum Gasteiger partial charge on any atom is 0.106 e. The Kier molecular flexibility index (Phi) is 5.24. The molecule has 76 valence electrons. The molecular formula is C8H10N2O2S2. The molecule has 1 rings (SSSR count). The van der Waals surface area contributed by atoms with Gasteiger partial charge in [0.15, 0.2) is 0 Å². The smallest absolute Gasteiger partial charge is 0.106 e. The molecule has 0 saturated heterocycles. The topological polar surface area (TPSA) is 43.2 Å². The van der Waals surface area contributed by atoms with E-state index < -0.39 is 0 Å². The maximum absolute atomic E-state index is 4.58. The van der Waals surface area contributed by atoms with Gasteiger partial charge in [0.05, 0.1) is 12.4 Å². The van der Waals surface area contributed by atoms with Gasteiger partial charge in [-0.2, -0.15) is 0 Å². The first kappa shape index (κ1) is 11.2. The fourth-order valence-corrected chi connectivity index (χ4v) is 2.44. The van der Waals surface area contributed by atoms with Crippen molar-refractivity contribution in [2.24, 2.45) is 10.3 Å². The fourth-order valence-electron chi connectivity index (χ4n) is 0.654. The van der Waals surface area contributed by atoms with E-state index in [1.165, 1.54) is 14.2 Å². The lowest BCUT2D eigenvalue weighted by molar-refractivity contribution is 0.215. The van der Waals surface area contributed by atoms with Crippen LogP contribution in [-0.2, 0) is 9.68 Å². The molecule has 1 heterocycles. The second-order valence-corrected chi connectivity index (χ2v) is 4.42. The average Bonchev–Trinajstić information content (AvgIpc) is 2.25. The van der Waals surface area contributed by atoms with Crippen LogP contribution in [0.4, 0.5) is 0 Å². The summed E-state index contributed by atoms with van der Waals surface area (Å²) in [6.45, 7) is 0. The zero-order chi connectivity index (χ0) is 10.2. The van der Waals surface area contributed by atoms with Gasteiger partial charge in [0.25, 0.3) is 0 Å². The molecular weight excluding hydrogens is 220 g/mol. The molecule has 6 heteroatoms. The Morgan fingerprint density at radius 2 is 1.43 bits per heavy atom. The number of hydrogen-bond donors (Lipinski definition) is 0. The first-order valence-electron chi connectivity index (χ1n) is 3.76. The van der Waals surface area contributed by atoms with Gasteiger partial charge in [-0.1, -0.05) is 31.9 Å². The van der Waals surface area contributed by atoms with Crippen LogP contribution in [0.5, 0.6) is 0 Å². The summed E-state index contributed by atoms with van der Waals surface area (Å²) in [5.41, 5.74) is 0. The fraction of sp³-hybridized carbons (Fsp3) is 0.250. The molecule has 0 saturated carbocycles. The van der Waals surface area contributed by atoms with Gasteiger partial charge in [-0.25, -0.2) is 0 Å². The van der Waals surface area contributed by atoms with Crippen molar-refractivity contribution < 1.29 is 9.68 Å². The maximum atomic E-state index is 4.58. The molecule has 0 spiro atoms. The minimum atomic E-state index is 1.03. The molecule has 0 aromatic rings. The van der Waals surface area contributed by atoms with Crippen LogP contribution < -0.4 is 0 Å². The van der Waals surface area contributed by atoms with E-state index in [-0.39, 0.29) is 0 Å². The molecule has 14 heavy (non-hydrogen) atoms. The number of allylic oxidation sites excluding steroid dienone is 4. The molecule has 0 fully saturated rings. The minimum absolute atomic E-state index is 1.03. The highest BCUT2D eigenvalue weighted by molar-refractivity contribution is 8.80. The molecule has 0 N–H and O–H groups in total. The average molecular weight is 230 g/mol. The largest absolute Gasteiger partial charge is 0.399 e. The summed E-state index contributed by atoms with van der Waals surface area (Å²) in [6, 6.07) is 0. The number of hydrogen-bond acceptors (Lipinski definition) is 6. The van der Waals surface area contributed by atoms with Crippen molar-refractivity contribution >= 4 is 34.0 Å². The lowest BCUT2D eigenvalue weighted by Crippen LogP contribution is -1.86. The van der Waals surface area contributed by atoms with Crippen LogP contribution in [0.25, 0.3) is 0 Å². The van der Waals surface area contributed by atoms with E-state index in [4.69, 9.17) is 0 Å². The molecule has 0 radical (unpaired) electrons. The molecule has 4 nitrogen and oxygen atoms in total. The van der Waals surface area contributed by atoms with Crippen molar-refractivity contribution in [3.63, 3.8) is 0 Å². The highest BCUT2D eigenvalue weighted by atomic mass is 33.1. The summed E-state index contributed by atoms with van der Waals surface area (Å²) < 4.78 is 0. The summed E-state index contributed by atoms with van der Waals surface area (Å²) in [7, 11) is 6.23. The van der Waals surface area contributed by atoms with Crippen molar-refractivity contribution in [2.75, 3.05) is 14.2 Å². The lowest BCUT2D eigenvalue weighted by Gasteiger charge is -2.05. The summed E-state index contributed by atoms with van der Waals surface area (Å²) in [5.74, 6) is 0. The monoisotopic (exact) mass is 230 g/mol. The molecule has 0 aliphatic carbocycles. The van der Waals surface area contributed by atoms with Crippen molar-refractivity contribution in [3.8, 4) is 0 Å². The minimum Gasteiger partial charge on any atom is -0.399 e. The Balaban J connectivity index is 2.55. The molecule has 0 atom stereocenters. The van der Waals surface area contributed by atoms with E-state index in [2.05, 4.69) is 20.0 Å². The number of oxime groups is 2. The van der Waals surface area contributed by atoms with E-state index in [1.54, 1.807) is 34.0 Å². The third kappa shape index (κ3) is 3.89. The van der Waals surface area contributed by atoms with Crippen LogP contribution >= 0.6 is 21.6 Å². The van der Waals surface area contributed by atoms with E-state index >= 15 is 0 Å². The second-order valence-electron chi connectivity index (χ2n) is 2.14. The van der Waals surface area contributed by atoms with E-state index in [0.29, 0.717) is 0 Å². The van der Waals surface area contributed by atoms with Crippen LogP contribution in [0.15, 0.2) is 32.3 Å². The molecule has 0 aromatic heterocycles. The Hall–Kier alpha value is -0.880. The quantitative estimate of drug-likeness (QED) is 0.422. The molecule has 1 aliphatic heterocycles. The van der Waals surface area contributed by atoms with Gasteiger partial charge < -0.3 is 9.68 Å². The number of nitrogens with zero attached hydrogens (tertiary/aromatic N) is 2. The van der Waals surface area contributed by atoms with E-state index in [9.17, 15) is 0 Å². The predicted octanol–water partition coefficient (Wildman–Crippen LogP) is 2.41. The van der Waals surface area contributed by atoms with Crippen molar-refractivity contribution in [1.82, 2.24) is 0 Å². The Labute approximate surface area is 90.5 Å². The van der Waals surface area contributed by atoms with Gasteiger partial charge in [-0.15, -0.1) is 0 Å². The predicted molar refractivity (Wildman–Crippen MR) is 62.4 cm³/mol. The molecule has 0 aromatic carbocycles. The normalized spacial score (nSPS) is 17.0. The van der Waals surface area contributed by atoms with Gasteiger partial charge in [-0.3, -0.25) is 0 Å². The van der Waals surface area contributed by atoms with Crippen LogP contribution in [-0.4, -0.2) is 26.6 Å². The first-order valence-corrected chi connectivity index (χ1v) is 5.91. The second kappa shape index (κ2) is 6.56. The van der Waals surface area contributed by atoms with Crippen molar-refractivity contribution in [3.05, 3.63) is 22.0 Å². The molecule has 0 bridgehead atoms. The van der Waals surface area contributed by atoms with E-state index in [1.807, 2.05) is 12.2 Å².